The van der Waals surface area contributed by atoms with E-state index in [0.717, 1.165) is 24.8 Å². The first-order chi connectivity index (χ1) is 12.2. The van der Waals surface area contributed by atoms with Crippen molar-refractivity contribution in [2.75, 3.05) is 18.5 Å². The molecule has 0 aliphatic heterocycles. The normalized spacial score (nSPS) is 10.8. The summed E-state index contributed by atoms with van der Waals surface area (Å²) < 4.78 is 4.92. The summed E-state index contributed by atoms with van der Waals surface area (Å²) in [5.41, 5.74) is 1.30. The minimum atomic E-state index is -0.596. The van der Waals surface area contributed by atoms with Crippen molar-refractivity contribution in [3.63, 3.8) is 0 Å². The maximum Gasteiger partial charge on any atom is 0.414 e. The number of carbonyl (C=O) groups excluding carboxylic acids is 2. The Labute approximate surface area is 149 Å². The van der Waals surface area contributed by atoms with E-state index >= 15 is 0 Å². The summed E-state index contributed by atoms with van der Waals surface area (Å²) in [6, 6.07) is 6.87. The molecule has 1 amide bonds. The second-order valence-corrected chi connectivity index (χ2v) is 5.52. The van der Waals surface area contributed by atoms with Crippen LogP contribution in [-0.2, 0) is 4.74 Å². The largest absolute Gasteiger partial charge is 0.445 e. The Kier molecular flexibility index (Phi) is 10.4. The van der Waals surface area contributed by atoms with Gasteiger partial charge >= 0.3 is 6.09 Å². The number of guanidine groups is 1. The molecule has 0 atom stereocenters. The molecule has 0 spiro atoms. The number of carbonyl (C=O) groups is 2. The van der Waals surface area contributed by atoms with Crippen molar-refractivity contribution in [1.29, 1.82) is 0 Å². The minimum absolute atomic E-state index is 0.129. The van der Waals surface area contributed by atoms with Gasteiger partial charge in [-0.2, -0.15) is 0 Å². The van der Waals surface area contributed by atoms with Crippen LogP contribution in [0.2, 0.25) is 0 Å². The zero-order chi connectivity index (χ0) is 18.3. The quantitative estimate of drug-likeness (QED) is 0.219. The molecule has 6 heteroatoms. The molecule has 136 valence electrons. The highest BCUT2D eigenvalue weighted by molar-refractivity contribution is 6.02. The fourth-order valence-electron chi connectivity index (χ4n) is 2.07. The molecule has 1 aromatic rings. The summed E-state index contributed by atoms with van der Waals surface area (Å²) >= 11 is 0. The van der Waals surface area contributed by atoms with Crippen LogP contribution in [0.5, 0.6) is 0 Å². The van der Waals surface area contributed by atoms with Crippen LogP contribution < -0.4 is 10.6 Å². The van der Waals surface area contributed by atoms with Gasteiger partial charge in [-0.3, -0.25) is 15.1 Å². The molecule has 25 heavy (non-hydrogen) atoms. The first kappa shape index (κ1) is 20.4. The summed E-state index contributed by atoms with van der Waals surface area (Å²) in [5, 5.41) is 5.63. The first-order valence-corrected chi connectivity index (χ1v) is 8.61. The van der Waals surface area contributed by atoms with Crippen molar-refractivity contribution in [2.45, 2.75) is 39.0 Å². The number of anilines is 1. The number of alkyl carbamates (subject to hydrolysis) is 1. The van der Waals surface area contributed by atoms with E-state index < -0.39 is 6.09 Å². The third-order valence-corrected chi connectivity index (χ3v) is 3.39. The summed E-state index contributed by atoms with van der Waals surface area (Å²) in [6.07, 6.45) is 7.36. The monoisotopic (exact) mass is 345 g/mol. The second kappa shape index (κ2) is 12.8. The lowest BCUT2D eigenvalue weighted by atomic mass is 10.2. The smallest absolute Gasteiger partial charge is 0.414 e. The second-order valence-electron chi connectivity index (χ2n) is 5.52. The molecule has 0 fully saturated rings. The van der Waals surface area contributed by atoms with E-state index in [0.29, 0.717) is 18.1 Å². The maximum atomic E-state index is 11.7. The van der Waals surface area contributed by atoms with Crippen LogP contribution in [0.1, 0.15) is 49.4 Å². The van der Waals surface area contributed by atoms with Gasteiger partial charge < -0.3 is 10.1 Å². The zero-order valence-electron chi connectivity index (χ0n) is 14.8. The number of aliphatic imine (C=N–C) groups is 1. The lowest BCUT2D eigenvalue weighted by Gasteiger charge is -2.11. The highest BCUT2D eigenvalue weighted by Gasteiger charge is 2.07. The number of benzene rings is 1. The van der Waals surface area contributed by atoms with E-state index in [9.17, 15) is 9.59 Å². The molecule has 0 unspecified atom stereocenters. The molecule has 0 radical (unpaired) electrons. The Balaban J connectivity index is 2.63. The van der Waals surface area contributed by atoms with Crippen LogP contribution in [0.25, 0.3) is 0 Å². The zero-order valence-corrected chi connectivity index (χ0v) is 14.8. The number of hydrogen-bond donors (Lipinski definition) is 2. The third-order valence-electron chi connectivity index (χ3n) is 3.39. The van der Waals surface area contributed by atoms with Crippen LogP contribution in [0.15, 0.2) is 41.9 Å². The lowest BCUT2D eigenvalue weighted by molar-refractivity contribution is 0.112. The molecule has 0 aliphatic rings. The fraction of sp³-hybridized carbons (Fsp3) is 0.421. The molecule has 0 aromatic heterocycles. The Morgan fingerprint density at radius 1 is 1.20 bits per heavy atom. The SMILES string of the molecule is C=CCOC(=O)N/C(=N\CCCCCCC)Nc1ccc(C=O)cc1. The number of hydrogen-bond acceptors (Lipinski definition) is 4. The van der Waals surface area contributed by atoms with Crippen molar-refractivity contribution >= 4 is 24.0 Å². The number of nitrogens with zero attached hydrogens (tertiary/aromatic N) is 1. The molecular formula is C19H27N3O3. The van der Waals surface area contributed by atoms with Gasteiger partial charge in [-0.25, -0.2) is 4.79 Å². The van der Waals surface area contributed by atoms with Gasteiger partial charge in [0.1, 0.15) is 12.9 Å². The number of unbranched alkanes of at least 4 members (excludes halogenated alkanes) is 4. The van der Waals surface area contributed by atoms with Crippen molar-refractivity contribution in [3.05, 3.63) is 42.5 Å². The third kappa shape index (κ3) is 9.30. The van der Waals surface area contributed by atoms with Gasteiger partial charge in [0, 0.05) is 17.8 Å². The predicted molar refractivity (Wildman–Crippen MR) is 101 cm³/mol. The van der Waals surface area contributed by atoms with Gasteiger partial charge in [0.05, 0.1) is 0 Å². The molecule has 1 rings (SSSR count). The maximum absolute atomic E-state index is 11.7. The van der Waals surface area contributed by atoms with Gasteiger partial charge in [0.2, 0.25) is 5.96 Å². The van der Waals surface area contributed by atoms with Crippen molar-refractivity contribution in [1.82, 2.24) is 5.32 Å². The number of nitrogens with one attached hydrogen (secondary N) is 2. The molecule has 0 aliphatic carbocycles. The number of aldehydes is 1. The minimum Gasteiger partial charge on any atom is -0.445 e. The standard InChI is InChI=1S/C19H27N3O3/c1-3-5-6-7-8-13-20-18(22-19(24)25-14-4-2)21-17-11-9-16(15-23)10-12-17/h4,9-12,15H,2-3,5-8,13-14H2,1H3,(H2,20,21,22,24). The molecular weight excluding hydrogens is 318 g/mol. The van der Waals surface area contributed by atoms with Crippen LogP contribution in [0, 0.1) is 0 Å². The average molecular weight is 345 g/mol. The summed E-state index contributed by atoms with van der Waals surface area (Å²) in [5.74, 6) is 0.323. The molecule has 0 bridgehead atoms. The molecule has 6 nitrogen and oxygen atoms in total. The van der Waals surface area contributed by atoms with Gasteiger partial charge in [0.25, 0.3) is 0 Å². The summed E-state index contributed by atoms with van der Waals surface area (Å²) in [6.45, 7) is 6.42. The number of ether oxygens (including phenoxy) is 1. The van der Waals surface area contributed by atoms with Gasteiger partial charge in [0.15, 0.2) is 0 Å². The summed E-state index contributed by atoms with van der Waals surface area (Å²) in [7, 11) is 0. The van der Waals surface area contributed by atoms with Crippen LogP contribution >= 0.6 is 0 Å². The van der Waals surface area contributed by atoms with Crippen molar-refractivity contribution in [3.8, 4) is 0 Å². The van der Waals surface area contributed by atoms with Crippen LogP contribution in [-0.4, -0.2) is 31.5 Å². The van der Waals surface area contributed by atoms with E-state index in [1.54, 1.807) is 24.3 Å². The Hall–Kier alpha value is -2.63. The number of rotatable bonds is 10. The van der Waals surface area contributed by atoms with Gasteiger partial charge in [-0.1, -0.05) is 45.3 Å². The van der Waals surface area contributed by atoms with Gasteiger partial charge in [-0.05, 0) is 30.7 Å². The predicted octanol–water partition coefficient (Wildman–Crippen LogP) is 4.15. The highest BCUT2D eigenvalue weighted by atomic mass is 16.5. The molecule has 1 aromatic carbocycles. The van der Waals surface area contributed by atoms with E-state index in [4.69, 9.17) is 4.74 Å². The van der Waals surface area contributed by atoms with Crippen LogP contribution in [0.3, 0.4) is 0 Å². The Morgan fingerprint density at radius 2 is 1.92 bits per heavy atom. The molecule has 0 heterocycles. The topological polar surface area (TPSA) is 79.8 Å². The van der Waals surface area contributed by atoms with E-state index in [1.807, 2.05) is 0 Å². The molecule has 2 N–H and O–H groups in total. The van der Waals surface area contributed by atoms with Crippen molar-refractivity contribution < 1.29 is 14.3 Å². The average Bonchev–Trinajstić information content (AvgIpc) is 2.63. The molecule has 0 saturated carbocycles. The van der Waals surface area contributed by atoms with E-state index in [-0.39, 0.29) is 6.61 Å². The first-order valence-electron chi connectivity index (χ1n) is 8.61. The lowest BCUT2D eigenvalue weighted by Crippen LogP contribution is -2.36. The Morgan fingerprint density at radius 3 is 2.56 bits per heavy atom. The number of amides is 1. The van der Waals surface area contributed by atoms with Crippen LogP contribution in [0.4, 0.5) is 10.5 Å². The van der Waals surface area contributed by atoms with E-state index in [2.05, 4.69) is 29.1 Å². The highest BCUT2D eigenvalue weighted by Crippen LogP contribution is 2.08. The van der Waals surface area contributed by atoms with Gasteiger partial charge in [-0.15, -0.1) is 0 Å². The fourth-order valence-corrected chi connectivity index (χ4v) is 2.07. The van der Waals surface area contributed by atoms with Crippen molar-refractivity contribution in [2.24, 2.45) is 4.99 Å². The Bertz CT molecular complexity index is 568. The summed E-state index contributed by atoms with van der Waals surface area (Å²) in [4.78, 5) is 26.8. The van der Waals surface area contributed by atoms with E-state index in [1.165, 1.54) is 25.3 Å². The molecule has 0 saturated heterocycles.